The molecule has 0 radical (unpaired) electrons. The monoisotopic (exact) mass is 340 g/mol. The summed E-state index contributed by atoms with van der Waals surface area (Å²) in [6.45, 7) is 2.68. The average Bonchev–Trinajstić information content (AvgIpc) is 3.11. The van der Waals surface area contributed by atoms with Gasteiger partial charge in [-0.1, -0.05) is 0 Å². The minimum absolute atomic E-state index is 0.0334. The molecule has 25 heavy (non-hydrogen) atoms. The molecular weight excluding hydrogens is 320 g/mol. The largest absolute Gasteiger partial charge is 0.425 e. The van der Waals surface area contributed by atoms with Crippen molar-refractivity contribution >= 4 is 5.91 Å². The predicted octanol–water partition coefficient (Wildman–Crippen LogP) is 1.67. The normalized spacial score (nSPS) is 28.3. The number of hydrogen-bond donors (Lipinski definition) is 0. The number of hydrogen-bond acceptors (Lipinski definition) is 6. The van der Waals surface area contributed by atoms with Gasteiger partial charge in [0.05, 0.1) is 18.8 Å². The van der Waals surface area contributed by atoms with Crippen molar-refractivity contribution in [1.29, 1.82) is 0 Å². The lowest BCUT2D eigenvalue weighted by Crippen LogP contribution is -2.35. The topological polar surface area (TPSA) is 81.4 Å². The zero-order valence-electron chi connectivity index (χ0n) is 13.9. The number of amides is 1. The summed E-state index contributed by atoms with van der Waals surface area (Å²) in [5.74, 6) is 2.24. The fraction of sp³-hybridized carbons (Fsp3) is 0.556. The molecule has 2 atom stereocenters. The summed E-state index contributed by atoms with van der Waals surface area (Å²) in [5.41, 5.74) is 0.512. The molecule has 5 rings (SSSR count). The zero-order valence-corrected chi connectivity index (χ0v) is 13.9. The molecule has 2 aliphatic heterocycles. The predicted molar refractivity (Wildman–Crippen MR) is 86.9 cm³/mol. The third-order valence-electron chi connectivity index (χ3n) is 5.63. The van der Waals surface area contributed by atoms with Gasteiger partial charge in [0.25, 0.3) is 5.91 Å². The van der Waals surface area contributed by atoms with Crippen LogP contribution >= 0.6 is 0 Å². The van der Waals surface area contributed by atoms with E-state index in [1.807, 2.05) is 11.0 Å². The van der Waals surface area contributed by atoms with Crippen molar-refractivity contribution in [3.63, 3.8) is 0 Å². The highest BCUT2D eigenvalue weighted by atomic mass is 16.5. The van der Waals surface area contributed by atoms with E-state index in [0.29, 0.717) is 56.0 Å². The lowest BCUT2D eigenvalue weighted by molar-refractivity contribution is 0.0714. The first kappa shape index (κ1) is 15.0. The Morgan fingerprint density at radius 2 is 2.28 bits per heavy atom. The number of nitrogens with zero attached hydrogens (tertiary/aromatic N) is 4. The highest BCUT2D eigenvalue weighted by Crippen LogP contribution is 2.45. The van der Waals surface area contributed by atoms with E-state index in [-0.39, 0.29) is 11.3 Å². The number of fused-ring (bicyclic) bond motifs is 1. The van der Waals surface area contributed by atoms with Crippen molar-refractivity contribution in [3.05, 3.63) is 41.9 Å². The average molecular weight is 340 g/mol. The molecule has 7 nitrogen and oxygen atoms in total. The maximum Gasteiger partial charge on any atom is 0.255 e. The van der Waals surface area contributed by atoms with Crippen LogP contribution in [0.25, 0.3) is 0 Å². The summed E-state index contributed by atoms with van der Waals surface area (Å²) in [7, 11) is 0. The van der Waals surface area contributed by atoms with Crippen LogP contribution in [0.2, 0.25) is 0 Å². The van der Waals surface area contributed by atoms with Crippen molar-refractivity contribution < 1.29 is 13.9 Å². The van der Waals surface area contributed by atoms with Crippen molar-refractivity contribution in [2.24, 2.45) is 11.3 Å². The standard InChI is InChI=1S/C18H20N4O3/c23-17(13-2-1-5-19-7-13)22-8-14-9-24-11-18(14,10-22)6-15-20-21-16(25-15)12-3-4-12/h1-2,5,7,12,14H,3-4,6,8-11H2/t14-,18-/m1/s1. The summed E-state index contributed by atoms with van der Waals surface area (Å²) in [6, 6.07) is 3.60. The number of pyridine rings is 1. The molecule has 3 aliphatic rings. The van der Waals surface area contributed by atoms with E-state index in [2.05, 4.69) is 15.2 Å². The molecule has 0 N–H and O–H groups in total. The second-order valence-corrected chi connectivity index (χ2v) is 7.49. The number of carbonyl (C=O) groups is 1. The summed E-state index contributed by atoms with van der Waals surface area (Å²) < 4.78 is 11.6. The summed E-state index contributed by atoms with van der Waals surface area (Å²) >= 11 is 0. The van der Waals surface area contributed by atoms with Gasteiger partial charge in [0, 0.05) is 49.2 Å². The van der Waals surface area contributed by atoms with E-state index in [9.17, 15) is 4.79 Å². The smallest absolute Gasteiger partial charge is 0.255 e. The van der Waals surface area contributed by atoms with Gasteiger partial charge in [0.1, 0.15) is 0 Å². The molecule has 2 aromatic heterocycles. The van der Waals surface area contributed by atoms with Gasteiger partial charge in [0.2, 0.25) is 11.8 Å². The first-order chi connectivity index (χ1) is 12.2. The molecular formula is C18H20N4O3. The lowest BCUT2D eigenvalue weighted by atomic mass is 9.78. The van der Waals surface area contributed by atoms with Gasteiger partial charge in [-0.25, -0.2) is 0 Å². The fourth-order valence-electron chi connectivity index (χ4n) is 4.04. The van der Waals surface area contributed by atoms with Gasteiger partial charge >= 0.3 is 0 Å². The maximum atomic E-state index is 12.8. The summed E-state index contributed by atoms with van der Waals surface area (Å²) in [6.07, 6.45) is 6.27. The fourth-order valence-corrected chi connectivity index (χ4v) is 4.04. The van der Waals surface area contributed by atoms with Crippen LogP contribution in [0.15, 0.2) is 28.9 Å². The van der Waals surface area contributed by atoms with E-state index >= 15 is 0 Å². The number of carbonyl (C=O) groups excluding carboxylic acids is 1. The molecule has 2 saturated heterocycles. The van der Waals surface area contributed by atoms with Crippen molar-refractivity contribution in [1.82, 2.24) is 20.1 Å². The third-order valence-corrected chi connectivity index (χ3v) is 5.63. The molecule has 3 fully saturated rings. The van der Waals surface area contributed by atoms with Gasteiger partial charge < -0.3 is 14.1 Å². The van der Waals surface area contributed by atoms with E-state index in [1.54, 1.807) is 18.5 Å². The maximum absolute atomic E-state index is 12.8. The molecule has 4 heterocycles. The van der Waals surface area contributed by atoms with Gasteiger partial charge in [0.15, 0.2) is 0 Å². The Kier molecular flexibility index (Phi) is 3.38. The first-order valence-corrected chi connectivity index (χ1v) is 8.83. The van der Waals surface area contributed by atoms with Crippen LogP contribution in [0.3, 0.4) is 0 Å². The van der Waals surface area contributed by atoms with Crippen LogP contribution in [0, 0.1) is 11.3 Å². The zero-order chi connectivity index (χ0) is 16.9. The van der Waals surface area contributed by atoms with Crippen LogP contribution in [0.5, 0.6) is 0 Å². The molecule has 1 aliphatic carbocycles. The second-order valence-electron chi connectivity index (χ2n) is 7.49. The summed E-state index contributed by atoms with van der Waals surface area (Å²) in [5, 5.41) is 8.43. The molecule has 130 valence electrons. The third kappa shape index (κ3) is 2.63. The summed E-state index contributed by atoms with van der Waals surface area (Å²) in [4.78, 5) is 18.7. The molecule has 2 aromatic rings. The molecule has 0 unspecified atom stereocenters. The van der Waals surface area contributed by atoms with Gasteiger partial charge in [-0.05, 0) is 25.0 Å². The number of likely N-dealkylation sites (tertiary alicyclic amines) is 1. The Labute approximate surface area is 145 Å². The van der Waals surface area contributed by atoms with Crippen LogP contribution in [0.4, 0.5) is 0 Å². The van der Waals surface area contributed by atoms with Gasteiger partial charge in [-0.15, -0.1) is 10.2 Å². The highest BCUT2D eigenvalue weighted by Gasteiger charge is 2.52. The SMILES string of the molecule is O=C(c1cccnc1)N1C[C@@H]2COC[C@@]2(Cc2nnc(C3CC3)o2)C1. The highest BCUT2D eigenvalue weighted by molar-refractivity contribution is 5.94. The van der Waals surface area contributed by atoms with Crippen molar-refractivity contribution in [3.8, 4) is 0 Å². The Morgan fingerprint density at radius 1 is 1.36 bits per heavy atom. The number of ether oxygens (including phenoxy) is 1. The quantitative estimate of drug-likeness (QED) is 0.842. The van der Waals surface area contributed by atoms with E-state index in [1.165, 1.54) is 0 Å². The van der Waals surface area contributed by atoms with E-state index in [0.717, 1.165) is 18.7 Å². The van der Waals surface area contributed by atoms with E-state index in [4.69, 9.17) is 9.15 Å². The van der Waals surface area contributed by atoms with E-state index < -0.39 is 0 Å². The Balaban J connectivity index is 1.35. The number of rotatable bonds is 4. The number of aromatic nitrogens is 3. The van der Waals surface area contributed by atoms with Crippen molar-refractivity contribution in [2.75, 3.05) is 26.3 Å². The molecule has 7 heteroatoms. The van der Waals surface area contributed by atoms with Crippen LogP contribution in [0.1, 0.15) is 40.9 Å². The Morgan fingerprint density at radius 3 is 3.08 bits per heavy atom. The Bertz CT molecular complexity index is 789. The van der Waals surface area contributed by atoms with Gasteiger partial charge in [-0.2, -0.15) is 0 Å². The molecule has 0 spiro atoms. The van der Waals surface area contributed by atoms with Crippen molar-refractivity contribution in [2.45, 2.75) is 25.2 Å². The first-order valence-electron chi connectivity index (χ1n) is 8.83. The molecule has 1 saturated carbocycles. The lowest BCUT2D eigenvalue weighted by Gasteiger charge is -2.25. The molecule has 0 bridgehead atoms. The van der Waals surface area contributed by atoms with Crippen LogP contribution in [-0.2, 0) is 11.2 Å². The van der Waals surface area contributed by atoms with Gasteiger partial charge in [-0.3, -0.25) is 9.78 Å². The van der Waals surface area contributed by atoms with Crippen LogP contribution < -0.4 is 0 Å². The minimum Gasteiger partial charge on any atom is -0.425 e. The molecule has 1 amide bonds. The Hall–Kier alpha value is -2.28. The van der Waals surface area contributed by atoms with Crippen LogP contribution in [-0.4, -0.2) is 52.3 Å². The minimum atomic E-state index is -0.120. The molecule has 0 aromatic carbocycles. The second kappa shape index (κ2) is 5.62.